The van der Waals surface area contributed by atoms with E-state index >= 15 is 0 Å². The molecule has 1 aromatic heterocycles. The van der Waals surface area contributed by atoms with Crippen molar-refractivity contribution in [2.45, 2.75) is 18.9 Å². The van der Waals surface area contributed by atoms with Crippen molar-refractivity contribution in [2.75, 3.05) is 11.9 Å². The monoisotopic (exact) mass is 210 g/mol. The van der Waals surface area contributed by atoms with Crippen LogP contribution in [0.15, 0.2) is 24.4 Å². The molecule has 0 aromatic carbocycles. The van der Waals surface area contributed by atoms with Crippen LogP contribution in [-0.2, 0) is 4.79 Å². The number of hydrogen-bond donors (Lipinski definition) is 3. The molecule has 0 amide bonds. The maximum Gasteiger partial charge on any atom is 0.303 e. The van der Waals surface area contributed by atoms with E-state index < -0.39 is 12.1 Å². The summed E-state index contributed by atoms with van der Waals surface area (Å²) in [6, 6.07) is 5.41. The summed E-state index contributed by atoms with van der Waals surface area (Å²) < 4.78 is 0. The van der Waals surface area contributed by atoms with E-state index in [-0.39, 0.29) is 12.8 Å². The molecule has 1 unspecified atom stereocenters. The van der Waals surface area contributed by atoms with Gasteiger partial charge < -0.3 is 15.5 Å². The summed E-state index contributed by atoms with van der Waals surface area (Å²) in [6.07, 6.45) is 1.20. The molecule has 0 fully saturated rings. The number of carboxylic acids is 1. The van der Waals surface area contributed by atoms with Crippen molar-refractivity contribution < 1.29 is 15.0 Å². The van der Waals surface area contributed by atoms with E-state index in [0.717, 1.165) is 0 Å². The molecular formula is C10H14N2O3. The first kappa shape index (κ1) is 11.5. The smallest absolute Gasteiger partial charge is 0.303 e. The maximum atomic E-state index is 10.2. The predicted octanol–water partition coefficient (Wildman–Crippen LogP) is 0.719. The minimum atomic E-state index is -0.896. The van der Waals surface area contributed by atoms with Gasteiger partial charge in [-0.1, -0.05) is 6.07 Å². The average Bonchev–Trinajstić information content (AvgIpc) is 2.25. The quantitative estimate of drug-likeness (QED) is 0.644. The van der Waals surface area contributed by atoms with Crippen molar-refractivity contribution >= 4 is 11.8 Å². The second-order valence-corrected chi connectivity index (χ2v) is 3.18. The molecule has 5 nitrogen and oxygen atoms in total. The van der Waals surface area contributed by atoms with Crippen LogP contribution in [-0.4, -0.2) is 33.8 Å². The highest BCUT2D eigenvalue weighted by atomic mass is 16.4. The van der Waals surface area contributed by atoms with Gasteiger partial charge in [-0.2, -0.15) is 0 Å². The van der Waals surface area contributed by atoms with E-state index in [1.165, 1.54) is 0 Å². The Hall–Kier alpha value is -1.62. The van der Waals surface area contributed by atoms with Crippen molar-refractivity contribution in [3.05, 3.63) is 24.4 Å². The van der Waals surface area contributed by atoms with Crippen LogP contribution in [0.3, 0.4) is 0 Å². The first-order valence-electron chi connectivity index (χ1n) is 4.73. The van der Waals surface area contributed by atoms with E-state index in [2.05, 4.69) is 10.3 Å². The molecule has 1 heterocycles. The van der Waals surface area contributed by atoms with E-state index in [9.17, 15) is 9.90 Å². The molecule has 0 radical (unpaired) electrons. The molecule has 0 spiro atoms. The number of pyridine rings is 1. The second kappa shape index (κ2) is 5.98. The van der Waals surface area contributed by atoms with Gasteiger partial charge in [0.25, 0.3) is 0 Å². The lowest BCUT2D eigenvalue weighted by molar-refractivity contribution is -0.137. The van der Waals surface area contributed by atoms with Gasteiger partial charge in [0.15, 0.2) is 0 Å². The Morgan fingerprint density at radius 1 is 1.53 bits per heavy atom. The van der Waals surface area contributed by atoms with Crippen molar-refractivity contribution in [2.24, 2.45) is 0 Å². The average molecular weight is 210 g/mol. The number of nitrogens with one attached hydrogen (secondary N) is 1. The molecule has 0 saturated heterocycles. The molecule has 82 valence electrons. The fourth-order valence-corrected chi connectivity index (χ4v) is 1.08. The first-order valence-corrected chi connectivity index (χ1v) is 4.73. The van der Waals surface area contributed by atoms with Crippen LogP contribution >= 0.6 is 0 Å². The summed E-state index contributed by atoms with van der Waals surface area (Å²) in [7, 11) is 0. The largest absolute Gasteiger partial charge is 0.481 e. The van der Waals surface area contributed by atoms with Crippen molar-refractivity contribution in [3.8, 4) is 0 Å². The van der Waals surface area contributed by atoms with Crippen LogP contribution < -0.4 is 5.32 Å². The third kappa shape index (κ3) is 4.97. The Kier molecular flexibility index (Phi) is 4.56. The molecule has 1 aromatic rings. The number of rotatable bonds is 6. The Bertz CT molecular complexity index is 303. The minimum absolute atomic E-state index is 0.0228. The molecule has 0 bridgehead atoms. The van der Waals surface area contributed by atoms with Crippen LogP contribution in [0.2, 0.25) is 0 Å². The van der Waals surface area contributed by atoms with Gasteiger partial charge in [0.2, 0.25) is 0 Å². The lowest BCUT2D eigenvalue weighted by Crippen LogP contribution is -2.20. The van der Waals surface area contributed by atoms with E-state index in [1.807, 2.05) is 6.07 Å². The zero-order valence-electron chi connectivity index (χ0n) is 8.26. The van der Waals surface area contributed by atoms with Gasteiger partial charge >= 0.3 is 5.97 Å². The number of carbonyl (C=O) groups is 1. The summed E-state index contributed by atoms with van der Waals surface area (Å²) in [5.74, 6) is -0.223. The normalized spacial score (nSPS) is 12.1. The fourth-order valence-electron chi connectivity index (χ4n) is 1.08. The molecular weight excluding hydrogens is 196 g/mol. The highest BCUT2D eigenvalue weighted by Crippen LogP contribution is 2.02. The third-order valence-corrected chi connectivity index (χ3v) is 1.88. The molecule has 1 atom stereocenters. The van der Waals surface area contributed by atoms with Gasteiger partial charge in [0, 0.05) is 19.2 Å². The predicted molar refractivity (Wildman–Crippen MR) is 55.6 cm³/mol. The molecule has 0 aliphatic carbocycles. The zero-order valence-corrected chi connectivity index (χ0v) is 8.26. The lowest BCUT2D eigenvalue weighted by Gasteiger charge is -2.10. The molecule has 0 aliphatic heterocycles. The van der Waals surface area contributed by atoms with Crippen LogP contribution in [0.5, 0.6) is 0 Å². The van der Waals surface area contributed by atoms with Gasteiger partial charge in [-0.15, -0.1) is 0 Å². The summed E-state index contributed by atoms with van der Waals surface area (Å²) in [4.78, 5) is 14.2. The zero-order chi connectivity index (χ0) is 11.1. The number of anilines is 1. The maximum absolute atomic E-state index is 10.2. The Balaban J connectivity index is 2.22. The van der Waals surface area contributed by atoms with Gasteiger partial charge in [0.05, 0.1) is 6.10 Å². The Morgan fingerprint density at radius 2 is 2.33 bits per heavy atom. The second-order valence-electron chi connectivity index (χ2n) is 3.18. The number of aliphatic carboxylic acids is 1. The fraction of sp³-hybridized carbons (Fsp3) is 0.400. The summed E-state index contributed by atoms with van der Waals surface area (Å²) in [5, 5.41) is 20.7. The van der Waals surface area contributed by atoms with Crippen molar-refractivity contribution in [1.29, 1.82) is 0 Å². The molecule has 5 heteroatoms. The highest BCUT2D eigenvalue weighted by Gasteiger charge is 2.06. The topological polar surface area (TPSA) is 82.5 Å². The van der Waals surface area contributed by atoms with Crippen LogP contribution in [0.4, 0.5) is 5.82 Å². The summed E-state index contributed by atoms with van der Waals surface area (Å²) >= 11 is 0. The Morgan fingerprint density at radius 3 is 2.93 bits per heavy atom. The Labute approximate surface area is 87.8 Å². The minimum Gasteiger partial charge on any atom is -0.481 e. The third-order valence-electron chi connectivity index (χ3n) is 1.88. The van der Waals surface area contributed by atoms with Crippen LogP contribution in [0.1, 0.15) is 12.8 Å². The van der Waals surface area contributed by atoms with Crippen LogP contribution in [0.25, 0.3) is 0 Å². The van der Waals surface area contributed by atoms with E-state index in [1.54, 1.807) is 18.3 Å². The molecule has 3 N–H and O–H groups in total. The number of nitrogens with zero attached hydrogens (tertiary/aromatic N) is 1. The van der Waals surface area contributed by atoms with Gasteiger partial charge in [-0.05, 0) is 18.6 Å². The standard InChI is InChI=1S/C10H14N2O3/c13-8(4-5-10(14)15)7-12-9-3-1-2-6-11-9/h1-3,6,8,13H,4-5,7H2,(H,11,12)(H,14,15). The van der Waals surface area contributed by atoms with Gasteiger partial charge in [0.1, 0.15) is 5.82 Å². The lowest BCUT2D eigenvalue weighted by atomic mass is 10.2. The number of hydrogen-bond acceptors (Lipinski definition) is 4. The molecule has 0 aliphatic rings. The van der Waals surface area contributed by atoms with E-state index in [4.69, 9.17) is 5.11 Å². The van der Waals surface area contributed by atoms with Crippen LogP contribution in [0, 0.1) is 0 Å². The van der Waals surface area contributed by atoms with E-state index in [0.29, 0.717) is 12.4 Å². The molecule has 15 heavy (non-hydrogen) atoms. The molecule has 0 saturated carbocycles. The summed E-state index contributed by atoms with van der Waals surface area (Å²) in [6.45, 7) is 0.310. The summed E-state index contributed by atoms with van der Waals surface area (Å²) in [5.41, 5.74) is 0. The van der Waals surface area contributed by atoms with Crippen molar-refractivity contribution in [1.82, 2.24) is 4.98 Å². The number of aromatic nitrogens is 1. The number of carboxylic acid groups (broad SMARTS) is 1. The molecule has 1 rings (SSSR count). The number of aliphatic hydroxyl groups is 1. The van der Waals surface area contributed by atoms with Gasteiger partial charge in [-0.25, -0.2) is 4.98 Å². The highest BCUT2D eigenvalue weighted by molar-refractivity contribution is 5.66. The number of aliphatic hydroxyl groups excluding tert-OH is 1. The first-order chi connectivity index (χ1) is 7.18. The van der Waals surface area contributed by atoms with Crippen molar-refractivity contribution in [3.63, 3.8) is 0 Å². The SMILES string of the molecule is O=C(O)CCC(O)CNc1ccccn1. The van der Waals surface area contributed by atoms with Gasteiger partial charge in [-0.3, -0.25) is 4.79 Å².